The Morgan fingerprint density at radius 3 is 2.12 bits per heavy atom. The number of amides is 1. The van der Waals surface area contributed by atoms with Crippen molar-refractivity contribution in [2.24, 2.45) is 0 Å². The zero-order valence-corrected chi connectivity index (χ0v) is 14.7. The lowest BCUT2D eigenvalue weighted by Crippen LogP contribution is -2.21. The number of ether oxygens (including phenoxy) is 1. The van der Waals surface area contributed by atoms with Crippen molar-refractivity contribution in [3.8, 4) is 0 Å². The molecule has 4 nitrogen and oxygen atoms in total. The van der Waals surface area contributed by atoms with Crippen LogP contribution in [0.4, 0.5) is 5.69 Å². The number of esters is 1. The fourth-order valence-corrected chi connectivity index (χ4v) is 2.18. The van der Waals surface area contributed by atoms with Gasteiger partial charge in [-0.1, -0.05) is 44.5 Å². The van der Waals surface area contributed by atoms with Gasteiger partial charge in [0.2, 0.25) is 0 Å². The number of carbonyl (C=O) groups is 2. The molecule has 2 aromatic carbocycles. The number of hydrogen-bond acceptors (Lipinski definition) is 3. The van der Waals surface area contributed by atoms with E-state index in [0.717, 1.165) is 0 Å². The van der Waals surface area contributed by atoms with Gasteiger partial charge in [-0.25, -0.2) is 4.79 Å². The highest BCUT2D eigenvalue weighted by molar-refractivity contribution is 6.30. The first-order valence-corrected chi connectivity index (χ1v) is 7.96. The summed E-state index contributed by atoms with van der Waals surface area (Å²) in [4.78, 5) is 23.7. The molecule has 5 heteroatoms. The van der Waals surface area contributed by atoms with Crippen LogP contribution in [0.1, 0.15) is 36.7 Å². The highest BCUT2D eigenvalue weighted by Gasteiger charge is 2.14. The molecule has 0 bridgehead atoms. The molecular formula is C19H20ClNO3. The van der Waals surface area contributed by atoms with Crippen LogP contribution in [0.3, 0.4) is 0 Å². The van der Waals surface area contributed by atoms with E-state index in [4.69, 9.17) is 16.3 Å². The van der Waals surface area contributed by atoms with E-state index in [1.54, 1.807) is 24.3 Å². The molecule has 0 spiro atoms. The van der Waals surface area contributed by atoms with Crippen LogP contribution in [0, 0.1) is 0 Å². The Hall–Kier alpha value is -2.33. The molecule has 2 rings (SSSR count). The fourth-order valence-electron chi connectivity index (χ4n) is 2.05. The second kappa shape index (κ2) is 7.49. The highest BCUT2D eigenvalue weighted by Crippen LogP contribution is 2.23. The van der Waals surface area contributed by atoms with Gasteiger partial charge in [-0.15, -0.1) is 0 Å². The molecule has 0 radical (unpaired) electrons. The Balaban J connectivity index is 1.87. The Morgan fingerprint density at radius 2 is 1.58 bits per heavy atom. The van der Waals surface area contributed by atoms with E-state index in [-0.39, 0.29) is 17.9 Å². The number of nitrogens with one attached hydrogen (secondary N) is 1. The third-order valence-corrected chi connectivity index (χ3v) is 3.70. The van der Waals surface area contributed by atoms with Gasteiger partial charge in [0, 0.05) is 10.7 Å². The minimum atomic E-state index is -0.565. The number of carbonyl (C=O) groups excluding carboxylic acids is 2. The van der Waals surface area contributed by atoms with Gasteiger partial charge in [0.1, 0.15) is 0 Å². The van der Waals surface area contributed by atoms with Crippen molar-refractivity contribution >= 4 is 29.2 Å². The molecule has 0 fully saturated rings. The first-order chi connectivity index (χ1) is 11.3. The van der Waals surface area contributed by atoms with Gasteiger partial charge in [0.25, 0.3) is 5.91 Å². The topological polar surface area (TPSA) is 55.4 Å². The Kier molecular flexibility index (Phi) is 5.62. The summed E-state index contributed by atoms with van der Waals surface area (Å²) in [5.74, 6) is -0.953. The van der Waals surface area contributed by atoms with Gasteiger partial charge in [0.05, 0.1) is 5.56 Å². The van der Waals surface area contributed by atoms with E-state index in [1.807, 2.05) is 24.3 Å². The van der Waals surface area contributed by atoms with E-state index in [9.17, 15) is 9.59 Å². The van der Waals surface area contributed by atoms with E-state index in [0.29, 0.717) is 16.3 Å². The monoisotopic (exact) mass is 345 g/mol. The second-order valence-corrected chi connectivity index (χ2v) is 6.89. The molecule has 0 aliphatic heterocycles. The van der Waals surface area contributed by atoms with Crippen LogP contribution in [0.2, 0.25) is 5.02 Å². The van der Waals surface area contributed by atoms with Gasteiger partial charge in [-0.2, -0.15) is 0 Å². The van der Waals surface area contributed by atoms with E-state index in [1.165, 1.54) is 5.56 Å². The minimum Gasteiger partial charge on any atom is -0.452 e. The molecule has 0 heterocycles. The first-order valence-electron chi connectivity index (χ1n) is 7.59. The SMILES string of the molecule is CC(C)(C)c1ccc(NC(=O)COC(=O)c2ccc(Cl)cc2)cc1. The molecule has 2 aromatic rings. The molecule has 0 aliphatic carbocycles. The number of hydrogen-bond donors (Lipinski definition) is 1. The Morgan fingerprint density at radius 1 is 1.00 bits per heavy atom. The van der Waals surface area contributed by atoms with Crippen LogP contribution in [-0.4, -0.2) is 18.5 Å². The van der Waals surface area contributed by atoms with Crippen molar-refractivity contribution in [2.45, 2.75) is 26.2 Å². The molecule has 126 valence electrons. The largest absolute Gasteiger partial charge is 0.452 e. The van der Waals surface area contributed by atoms with Crippen LogP contribution in [0.15, 0.2) is 48.5 Å². The first kappa shape index (κ1) is 18.0. The van der Waals surface area contributed by atoms with E-state index < -0.39 is 5.97 Å². The molecular weight excluding hydrogens is 326 g/mol. The lowest BCUT2D eigenvalue weighted by Gasteiger charge is -2.19. The Labute approximate surface area is 146 Å². The predicted molar refractivity (Wildman–Crippen MR) is 95.5 cm³/mol. The maximum atomic E-state index is 11.9. The summed E-state index contributed by atoms with van der Waals surface area (Å²) in [6, 6.07) is 13.9. The summed E-state index contributed by atoms with van der Waals surface area (Å²) in [6.45, 7) is 6.02. The van der Waals surface area contributed by atoms with Crippen LogP contribution in [0.25, 0.3) is 0 Å². The lowest BCUT2D eigenvalue weighted by atomic mass is 9.87. The zero-order chi connectivity index (χ0) is 17.7. The van der Waals surface area contributed by atoms with Gasteiger partial charge in [0.15, 0.2) is 6.61 Å². The number of halogens is 1. The number of anilines is 1. The van der Waals surface area contributed by atoms with Crippen molar-refractivity contribution in [3.05, 3.63) is 64.7 Å². The quantitative estimate of drug-likeness (QED) is 0.834. The third-order valence-electron chi connectivity index (χ3n) is 3.45. The molecule has 0 saturated heterocycles. The molecule has 1 N–H and O–H groups in total. The van der Waals surface area contributed by atoms with Crippen LogP contribution < -0.4 is 5.32 Å². The van der Waals surface area contributed by atoms with Crippen molar-refractivity contribution in [1.82, 2.24) is 0 Å². The smallest absolute Gasteiger partial charge is 0.338 e. The van der Waals surface area contributed by atoms with Crippen LogP contribution in [0.5, 0.6) is 0 Å². The highest BCUT2D eigenvalue weighted by atomic mass is 35.5. The van der Waals surface area contributed by atoms with E-state index >= 15 is 0 Å². The maximum absolute atomic E-state index is 11.9. The number of rotatable bonds is 4. The molecule has 0 saturated carbocycles. The van der Waals surface area contributed by atoms with Crippen LogP contribution in [-0.2, 0) is 14.9 Å². The van der Waals surface area contributed by atoms with Crippen LogP contribution >= 0.6 is 11.6 Å². The second-order valence-electron chi connectivity index (χ2n) is 6.46. The summed E-state index contributed by atoms with van der Waals surface area (Å²) in [6.07, 6.45) is 0. The number of benzene rings is 2. The molecule has 0 aromatic heterocycles. The van der Waals surface area contributed by atoms with Gasteiger partial charge in [-0.05, 0) is 47.4 Å². The third kappa shape index (κ3) is 5.10. The van der Waals surface area contributed by atoms with Gasteiger partial charge in [-0.3, -0.25) is 4.79 Å². The summed E-state index contributed by atoms with van der Waals surface area (Å²) in [7, 11) is 0. The molecule has 0 aliphatic rings. The normalized spacial score (nSPS) is 11.0. The van der Waals surface area contributed by atoms with E-state index in [2.05, 4.69) is 26.1 Å². The summed E-state index contributed by atoms with van der Waals surface area (Å²) in [5, 5.41) is 3.23. The van der Waals surface area contributed by atoms with Gasteiger partial charge < -0.3 is 10.1 Å². The summed E-state index contributed by atoms with van der Waals surface area (Å²) < 4.78 is 4.99. The zero-order valence-electron chi connectivity index (χ0n) is 13.9. The van der Waals surface area contributed by atoms with Gasteiger partial charge >= 0.3 is 5.97 Å². The molecule has 24 heavy (non-hydrogen) atoms. The van der Waals surface area contributed by atoms with Crippen molar-refractivity contribution in [2.75, 3.05) is 11.9 Å². The summed E-state index contributed by atoms with van der Waals surface area (Å²) in [5.41, 5.74) is 2.24. The predicted octanol–water partition coefficient (Wildman–Crippen LogP) is 4.43. The molecule has 1 amide bonds. The average molecular weight is 346 g/mol. The Bertz CT molecular complexity index is 716. The fraction of sp³-hybridized carbons (Fsp3) is 0.263. The molecule has 0 atom stereocenters. The summed E-state index contributed by atoms with van der Waals surface area (Å²) >= 11 is 5.76. The standard InChI is InChI=1S/C19H20ClNO3/c1-19(2,3)14-6-10-16(11-7-14)21-17(22)12-24-18(23)13-4-8-15(20)9-5-13/h4-11H,12H2,1-3H3,(H,21,22). The minimum absolute atomic E-state index is 0.0522. The maximum Gasteiger partial charge on any atom is 0.338 e. The molecule has 0 unspecified atom stereocenters. The lowest BCUT2D eigenvalue weighted by molar-refractivity contribution is -0.119. The van der Waals surface area contributed by atoms with Crippen molar-refractivity contribution < 1.29 is 14.3 Å². The van der Waals surface area contributed by atoms with Crippen molar-refractivity contribution in [3.63, 3.8) is 0 Å². The van der Waals surface area contributed by atoms with Crippen molar-refractivity contribution in [1.29, 1.82) is 0 Å². The average Bonchev–Trinajstić information content (AvgIpc) is 2.53.